The fraction of sp³-hybridized carbons (Fsp3) is 0.222. The molecule has 11 nitrogen and oxygen atoms in total. The fourth-order valence-corrected chi connectivity index (χ4v) is 2.93. The molecule has 2 amide bonds. The van der Waals surface area contributed by atoms with Crippen LogP contribution in [0.25, 0.3) is 0 Å². The molecule has 0 bridgehead atoms. The van der Waals surface area contributed by atoms with Crippen molar-refractivity contribution in [2.45, 2.75) is 20.4 Å². The summed E-state index contributed by atoms with van der Waals surface area (Å²) in [6.07, 6.45) is 2.86. The molecule has 2 heterocycles. The van der Waals surface area contributed by atoms with Crippen LogP contribution in [0.5, 0.6) is 0 Å². The number of nitro groups is 1. The van der Waals surface area contributed by atoms with Gasteiger partial charge in [0.25, 0.3) is 17.5 Å². The smallest absolute Gasteiger partial charge is 0.288 e. The summed E-state index contributed by atoms with van der Waals surface area (Å²) < 4.78 is 3.05. The summed E-state index contributed by atoms with van der Waals surface area (Å²) in [7, 11) is 1.75. The zero-order valence-corrected chi connectivity index (χ0v) is 17.1. The Morgan fingerprint density at radius 1 is 1.17 bits per heavy atom. The summed E-state index contributed by atoms with van der Waals surface area (Å²) >= 11 is 5.79. The molecule has 3 rings (SSSR count). The predicted octanol–water partition coefficient (Wildman–Crippen LogP) is 3.01. The molecule has 2 N–H and O–H groups in total. The van der Waals surface area contributed by atoms with Gasteiger partial charge in [0.2, 0.25) is 0 Å². The number of hydrogen-bond acceptors (Lipinski definition) is 6. The number of amides is 2. The number of nitro benzene ring substituents is 1. The highest BCUT2D eigenvalue weighted by Crippen LogP contribution is 2.26. The maximum Gasteiger partial charge on any atom is 0.288 e. The van der Waals surface area contributed by atoms with Gasteiger partial charge in [-0.2, -0.15) is 10.2 Å². The van der Waals surface area contributed by atoms with Gasteiger partial charge < -0.3 is 10.6 Å². The Morgan fingerprint density at radius 2 is 1.83 bits per heavy atom. The molecule has 12 heteroatoms. The fourth-order valence-electron chi connectivity index (χ4n) is 2.75. The van der Waals surface area contributed by atoms with Crippen molar-refractivity contribution in [3.63, 3.8) is 0 Å². The number of aryl methyl sites for hydroxylation is 2. The van der Waals surface area contributed by atoms with Crippen LogP contribution in [0.2, 0.25) is 5.02 Å². The van der Waals surface area contributed by atoms with E-state index in [4.69, 9.17) is 11.6 Å². The number of rotatable bonds is 6. The van der Waals surface area contributed by atoms with E-state index in [1.54, 1.807) is 25.6 Å². The van der Waals surface area contributed by atoms with Gasteiger partial charge in [-0.3, -0.25) is 29.1 Å². The summed E-state index contributed by atoms with van der Waals surface area (Å²) in [4.78, 5) is 35.9. The lowest BCUT2D eigenvalue weighted by Gasteiger charge is -2.10. The molecule has 0 saturated heterocycles. The van der Waals surface area contributed by atoms with Gasteiger partial charge in [-0.15, -0.1) is 0 Å². The highest BCUT2D eigenvalue weighted by atomic mass is 35.5. The van der Waals surface area contributed by atoms with Crippen molar-refractivity contribution < 1.29 is 14.5 Å². The molecule has 30 heavy (non-hydrogen) atoms. The molecule has 0 aliphatic rings. The van der Waals surface area contributed by atoms with E-state index in [-0.39, 0.29) is 22.0 Å². The Kier molecular flexibility index (Phi) is 5.83. The number of carbonyl (C=O) groups is 2. The third-order valence-corrected chi connectivity index (χ3v) is 4.81. The first-order valence-electron chi connectivity index (χ1n) is 8.84. The zero-order chi connectivity index (χ0) is 22.0. The predicted molar refractivity (Wildman–Crippen MR) is 110 cm³/mol. The van der Waals surface area contributed by atoms with Crippen molar-refractivity contribution in [3.8, 4) is 0 Å². The van der Waals surface area contributed by atoms with Crippen LogP contribution in [-0.4, -0.2) is 36.3 Å². The summed E-state index contributed by atoms with van der Waals surface area (Å²) in [6, 6.07) is 3.69. The van der Waals surface area contributed by atoms with Crippen LogP contribution >= 0.6 is 11.6 Å². The van der Waals surface area contributed by atoms with Gasteiger partial charge in [0.05, 0.1) is 34.4 Å². The first-order valence-corrected chi connectivity index (χ1v) is 9.21. The lowest BCUT2D eigenvalue weighted by molar-refractivity contribution is -0.384. The summed E-state index contributed by atoms with van der Waals surface area (Å²) in [6.45, 7) is 3.99. The van der Waals surface area contributed by atoms with Crippen LogP contribution in [0.15, 0.2) is 30.6 Å². The molecule has 0 aliphatic heterocycles. The lowest BCUT2D eigenvalue weighted by Crippen LogP contribution is -2.21. The van der Waals surface area contributed by atoms with Crippen LogP contribution in [0.4, 0.5) is 17.1 Å². The van der Waals surface area contributed by atoms with E-state index in [1.165, 1.54) is 29.2 Å². The molecule has 0 radical (unpaired) electrons. The van der Waals surface area contributed by atoms with Crippen molar-refractivity contribution >= 4 is 40.5 Å². The van der Waals surface area contributed by atoms with Crippen LogP contribution in [0.1, 0.15) is 33.5 Å². The Balaban J connectivity index is 1.89. The van der Waals surface area contributed by atoms with Crippen molar-refractivity contribution in [1.29, 1.82) is 0 Å². The van der Waals surface area contributed by atoms with Gasteiger partial charge in [0.1, 0.15) is 10.7 Å². The van der Waals surface area contributed by atoms with E-state index in [2.05, 4.69) is 20.8 Å². The number of nitrogens with zero attached hydrogens (tertiary/aromatic N) is 5. The van der Waals surface area contributed by atoms with Crippen molar-refractivity contribution in [2.75, 3.05) is 10.6 Å². The van der Waals surface area contributed by atoms with E-state index in [9.17, 15) is 19.7 Å². The van der Waals surface area contributed by atoms with Gasteiger partial charge in [-0.25, -0.2) is 0 Å². The number of aromatic nitrogens is 4. The minimum Gasteiger partial charge on any atom is -0.319 e. The van der Waals surface area contributed by atoms with Crippen LogP contribution in [-0.2, 0) is 13.6 Å². The number of carbonyl (C=O) groups excluding carboxylic acids is 2. The Labute approximate surface area is 175 Å². The van der Waals surface area contributed by atoms with E-state index in [0.717, 1.165) is 11.8 Å². The Bertz CT molecular complexity index is 1150. The highest BCUT2D eigenvalue weighted by molar-refractivity contribution is 6.32. The third kappa shape index (κ3) is 4.01. The van der Waals surface area contributed by atoms with E-state index < -0.39 is 22.4 Å². The van der Waals surface area contributed by atoms with E-state index >= 15 is 0 Å². The van der Waals surface area contributed by atoms with Gasteiger partial charge in [-0.05, 0) is 26.0 Å². The van der Waals surface area contributed by atoms with Gasteiger partial charge in [0, 0.05) is 25.2 Å². The molecule has 0 unspecified atom stereocenters. The third-order valence-electron chi connectivity index (χ3n) is 4.49. The SMILES string of the molecule is CCn1ncc(NC(=O)c2ccc(Cl)c([N+](=O)[O-])c2)c1C(=O)Nc1cnn(C)c1C. The Morgan fingerprint density at radius 3 is 2.43 bits per heavy atom. The number of benzene rings is 1. The quantitative estimate of drug-likeness (QED) is 0.454. The topological polar surface area (TPSA) is 137 Å². The second kappa shape index (κ2) is 8.33. The van der Waals surface area contributed by atoms with Crippen molar-refractivity contribution in [1.82, 2.24) is 19.6 Å². The molecule has 0 fully saturated rings. The molecule has 0 spiro atoms. The van der Waals surface area contributed by atoms with Crippen LogP contribution in [0, 0.1) is 17.0 Å². The molecule has 1 aromatic carbocycles. The standard InChI is InChI=1S/C18H18ClN7O4/c1-4-25-16(18(28)22-13-8-20-24(3)10(13)2)14(9-21-25)23-17(27)11-5-6-12(19)15(7-11)26(29)30/h5-9H,4H2,1-3H3,(H,22,28)(H,23,27). The second-order valence-electron chi connectivity index (χ2n) is 6.32. The molecule has 0 saturated carbocycles. The molecule has 2 aromatic heterocycles. The van der Waals surface area contributed by atoms with Crippen molar-refractivity contribution in [2.24, 2.45) is 7.05 Å². The molecule has 3 aromatic rings. The molecule has 0 atom stereocenters. The van der Waals surface area contributed by atoms with E-state index in [0.29, 0.717) is 12.2 Å². The average Bonchev–Trinajstić information content (AvgIpc) is 3.25. The highest BCUT2D eigenvalue weighted by Gasteiger charge is 2.23. The Hall–Kier alpha value is -3.73. The summed E-state index contributed by atoms with van der Waals surface area (Å²) in [5, 5.41) is 24.5. The number of halogens is 1. The number of anilines is 2. The molecule has 0 aliphatic carbocycles. The molecular formula is C18H18ClN7O4. The average molecular weight is 432 g/mol. The maximum atomic E-state index is 12.9. The van der Waals surface area contributed by atoms with E-state index in [1.807, 2.05) is 0 Å². The first-order chi connectivity index (χ1) is 14.2. The zero-order valence-electron chi connectivity index (χ0n) is 16.3. The summed E-state index contributed by atoms with van der Waals surface area (Å²) in [5.74, 6) is -1.13. The number of nitrogens with one attached hydrogen (secondary N) is 2. The lowest BCUT2D eigenvalue weighted by atomic mass is 10.2. The monoisotopic (exact) mass is 431 g/mol. The van der Waals surface area contributed by atoms with Gasteiger partial charge in [-0.1, -0.05) is 11.6 Å². The minimum atomic E-state index is -0.677. The molecule has 156 valence electrons. The van der Waals surface area contributed by atoms with Crippen molar-refractivity contribution in [3.05, 3.63) is 62.7 Å². The minimum absolute atomic E-state index is 0.0183. The first kappa shape index (κ1) is 21.0. The summed E-state index contributed by atoms with van der Waals surface area (Å²) in [5.41, 5.74) is 1.21. The number of hydrogen-bond donors (Lipinski definition) is 2. The van der Waals surface area contributed by atoms with Crippen LogP contribution in [0.3, 0.4) is 0 Å². The second-order valence-corrected chi connectivity index (χ2v) is 6.73. The van der Waals surface area contributed by atoms with Gasteiger partial charge in [0.15, 0.2) is 0 Å². The maximum absolute atomic E-state index is 12.9. The molecular weight excluding hydrogens is 414 g/mol. The van der Waals surface area contributed by atoms with Crippen LogP contribution < -0.4 is 10.6 Å². The normalized spacial score (nSPS) is 10.7. The van der Waals surface area contributed by atoms with Gasteiger partial charge >= 0.3 is 0 Å². The largest absolute Gasteiger partial charge is 0.319 e.